The number of nitro groups is 1. The first-order valence-electron chi connectivity index (χ1n) is 5.52. The summed E-state index contributed by atoms with van der Waals surface area (Å²) < 4.78 is 0. The summed E-state index contributed by atoms with van der Waals surface area (Å²) in [7, 11) is 0. The monoisotopic (exact) mass is 292 g/mol. The number of nitrogens with zero attached hydrogens (tertiary/aromatic N) is 1. The predicted octanol–water partition coefficient (Wildman–Crippen LogP) is 3.69. The molecule has 0 aromatic heterocycles. The van der Waals surface area contributed by atoms with Crippen molar-refractivity contribution in [2.75, 3.05) is 5.32 Å². The number of rotatable bonds is 4. The van der Waals surface area contributed by atoms with E-state index in [-0.39, 0.29) is 16.3 Å². The normalized spacial score (nSPS) is 10.1. The Labute approximate surface area is 118 Å². The zero-order valence-corrected chi connectivity index (χ0v) is 10.8. The molecule has 0 radical (unpaired) electrons. The van der Waals surface area contributed by atoms with Crippen LogP contribution in [0.25, 0.3) is 0 Å². The van der Waals surface area contributed by atoms with E-state index in [0.29, 0.717) is 11.4 Å². The number of halogens is 1. The summed E-state index contributed by atoms with van der Waals surface area (Å²) in [6.45, 7) is 0. The van der Waals surface area contributed by atoms with Crippen molar-refractivity contribution < 1.29 is 14.8 Å². The Morgan fingerprint density at radius 3 is 2.60 bits per heavy atom. The van der Waals surface area contributed by atoms with E-state index >= 15 is 0 Å². The van der Waals surface area contributed by atoms with E-state index in [1.165, 1.54) is 24.3 Å². The molecule has 6 nitrogen and oxygen atoms in total. The highest BCUT2D eigenvalue weighted by Gasteiger charge is 2.14. The molecule has 0 atom stereocenters. The van der Waals surface area contributed by atoms with Gasteiger partial charge in [-0.2, -0.15) is 0 Å². The molecule has 0 saturated carbocycles. The number of aromatic carboxylic acids is 1. The molecule has 0 aliphatic heterocycles. The van der Waals surface area contributed by atoms with Gasteiger partial charge < -0.3 is 10.4 Å². The second kappa shape index (κ2) is 5.58. The van der Waals surface area contributed by atoms with Gasteiger partial charge in [-0.25, -0.2) is 4.79 Å². The third-order valence-electron chi connectivity index (χ3n) is 2.58. The Morgan fingerprint density at radius 1 is 1.25 bits per heavy atom. The number of benzene rings is 2. The Bertz CT molecular complexity index is 688. The second-order valence-corrected chi connectivity index (χ2v) is 4.31. The number of nitrogens with one attached hydrogen (secondary N) is 1. The lowest BCUT2D eigenvalue weighted by Gasteiger charge is -2.09. The average molecular weight is 293 g/mol. The van der Waals surface area contributed by atoms with Crippen molar-refractivity contribution in [3.8, 4) is 0 Å². The highest BCUT2D eigenvalue weighted by Crippen LogP contribution is 2.29. The molecule has 0 spiro atoms. The maximum atomic E-state index is 11.1. The van der Waals surface area contributed by atoms with Gasteiger partial charge in [-0.05, 0) is 24.3 Å². The number of anilines is 2. The van der Waals surface area contributed by atoms with Crippen LogP contribution in [-0.2, 0) is 0 Å². The fourth-order valence-electron chi connectivity index (χ4n) is 1.66. The number of carbonyl (C=O) groups is 1. The van der Waals surface area contributed by atoms with Gasteiger partial charge in [0.25, 0.3) is 5.69 Å². The van der Waals surface area contributed by atoms with Gasteiger partial charge in [0.1, 0.15) is 5.02 Å². The molecule has 0 saturated heterocycles. The molecule has 20 heavy (non-hydrogen) atoms. The molecule has 7 heteroatoms. The third-order valence-corrected chi connectivity index (χ3v) is 2.90. The smallest absolute Gasteiger partial charge is 0.337 e. The fraction of sp³-hybridized carbons (Fsp3) is 0. The van der Waals surface area contributed by atoms with Gasteiger partial charge in [-0.15, -0.1) is 0 Å². The first kappa shape index (κ1) is 13.8. The van der Waals surface area contributed by atoms with Crippen molar-refractivity contribution in [3.63, 3.8) is 0 Å². The lowest BCUT2D eigenvalue weighted by Crippen LogP contribution is -2.02. The summed E-state index contributed by atoms with van der Waals surface area (Å²) in [5.74, 6) is -1.09. The van der Waals surface area contributed by atoms with Crippen LogP contribution in [0.5, 0.6) is 0 Å². The number of nitro benzene ring substituents is 1. The fourth-order valence-corrected chi connectivity index (χ4v) is 1.85. The third kappa shape index (κ3) is 2.86. The van der Waals surface area contributed by atoms with Crippen molar-refractivity contribution >= 4 is 34.6 Å². The summed E-state index contributed by atoms with van der Waals surface area (Å²) in [5, 5.41) is 22.7. The minimum absolute atomic E-state index is 0.0204. The Hall–Kier alpha value is -2.60. The van der Waals surface area contributed by atoms with Crippen molar-refractivity contribution in [1.29, 1.82) is 0 Å². The lowest BCUT2D eigenvalue weighted by atomic mass is 10.1. The van der Waals surface area contributed by atoms with Crippen molar-refractivity contribution in [2.45, 2.75) is 0 Å². The maximum absolute atomic E-state index is 11.1. The number of carboxylic acid groups (broad SMARTS) is 1. The van der Waals surface area contributed by atoms with Crippen LogP contribution in [0.1, 0.15) is 10.4 Å². The van der Waals surface area contributed by atoms with Crippen LogP contribution in [0.4, 0.5) is 17.1 Å². The van der Waals surface area contributed by atoms with Crippen LogP contribution in [0.3, 0.4) is 0 Å². The first-order chi connectivity index (χ1) is 9.49. The lowest BCUT2D eigenvalue weighted by molar-refractivity contribution is -0.384. The molecule has 102 valence electrons. The number of hydrogen-bond acceptors (Lipinski definition) is 4. The van der Waals surface area contributed by atoms with E-state index in [9.17, 15) is 14.9 Å². The summed E-state index contributed by atoms with van der Waals surface area (Å²) in [4.78, 5) is 21.3. The zero-order valence-electron chi connectivity index (χ0n) is 10.0. The van der Waals surface area contributed by atoms with E-state index in [1.807, 2.05) is 0 Å². The van der Waals surface area contributed by atoms with Crippen LogP contribution in [-0.4, -0.2) is 16.0 Å². The molecule has 0 amide bonds. The molecule has 0 heterocycles. The minimum Gasteiger partial charge on any atom is -0.478 e. The van der Waals surface area contributed by atoms with Gasteiger partial charge in [-0.1, -0.05) is 23.7 Å². The highest BCUT2D eigenvalue weighted by atomic mass is 35.5. The van der Waals surface area contributed by atoms with Gasteiger partial charge >= 0.3 is 5.97 Å². The molecule has 0 fully saturated rings. The molecule has 0 unspecified atom stereocenters. The molecule has 0 bridgehead atoms. The second-order valence-electron chi connectivity index (χ2n) is 3.90. The average Bonchev–Trinajstić information content (AvgIpc) is 2.41. The molecule has 2 aromatic rings. The standard InChI is InChI=1S/C13H9ClN2O4/c14-10-6-5-8(7-12(10)16(19)20)15-11-4-2-1-3-9(11)13(17)18/h1-7,15H,(H,17,18). The van der Waals surface area contributed by atoms with Crippen LogP contribution < -0.4 is 5.32 Å². The summed E-state index contributed by atoms with van der Waals surface area (Å²) >= 11 is 5.71. The Morgan fingerprint density at radius 2 is 1.95 bits per heavy atom. The predicted molar refractivity (Wildman–Crippen MR) is 74.8 cm³/mol. The van der Waals surface area contributed by atoms with E-state index in [0.717, 1.165) is 0 Å². The molecule has 0 aliphatic rings. The molecule has 0 aliphatic carbocycles. The molecular weight excluding hydrogens is 284 g/mol. The Balaban J connectivity index is 2.38. The van der Waals surface area contributed by atoms with Crippen LogP contribution >= 0.6 is 11.6 Å². The maximum Gasteiger partial charge on any atom is 0.337 e. The topological polar surface area (TPSA) is 92.5 Å². The minimum atomic E-state index is -1.09. The largest absolute Gasteiger partial charge is 0.478 e. The van der Waals surface area contributed by atoms with Crippen LogP contribution in [0.15, 0.2) is 42.5 Å². The van der Waals surface area contributed by atoms with Crippen LogP contribution in [0, 0.1) is 10.1 Å². The summed E-state index contributed by atoms with van der Waals surface area (Å²) in [6.07, 6.45) is 0. The van der Waals surface area contributed by atoms with E-state index in [4.69, 9.17) is 16.7 Å². The molecular formula is C13H9ClN2O4. The summed E-state index contributed by atoms with van der Waals surface area (Å²) in [5.41, 5.74) is 0.556. The molecule has 2 rings (SSSR count). The molecule has 2 N–H and O–H groups in total. The van der Waals surface area contributed by atoms with Crippen LogP contribution in [0.2, 0.25) is 5.02 Å². The van der Waals surface area contributed by atoms with Gasteiger partial charge in [-0.3, -0.25) is 10.1 Å². The van der Waals surface area contributed by atoms with Crippen molar-refractivity contribution in [3.05, 3.63) is 63.2 Å². The van der Waals surface area contributed by atoms with E-state index < -0.39 is 10.9 Å². The van der Waals surface area contributed by atoms with Gasteiger partial charge in [0.05, 0.1) is 16.2 Å². The SMILES string of the molecule is O=C(O)c1ccccc1Nc1ccc(Cl)c([N+](=O)[O-])c1. The van der Waals surface area contributed by atoms with E-state index in [2.05, 4.69) is 5.32 Å². The van der Waals surface area contributed by atoms with E-state index in [1.54, 1.807) is 18.2 Å². The first-order valence-corrected chi connectivity index (χ1v) is 5.90. The number of hydrogen-bond donors (Lipinski definition) is 2. The zero-order chi connectivity index (χ0) is 14.7. The quantitative estimate of drug-likeness (QED) is 0.662. The van der Waals surface area contributed by atoms with Gasteiger partial charge in [0.15, 0.2) is 0 Å². The highest BCUT2D eigenvalue weighted by molar-refractivity contribution is 6.32. The summed E-state index contributed by atoms with van der Waals surface area (Å²) in [6, 6.07) is 10.4. The van der Waals surface area contributed by atoms with Gasteiger partial charge in [0, 0.05) is 11.8 Å². The number of para-hydroxylation sites is 1. The van der Waals surface area contributed by atoms with Gasteiger partial charge in [0.2, 0.25) is 0 Å². The number of carboxylic acids is 1. The Kier molecular flexibility index (Phi) is 3.86. The molecule has 2 aromatic carbocycles. The van der Waals surface area contributed by atoms with Crippen molar-refractivity contribution in [2.24, 2.45) is 0 Å². The van der Waals surface area contributed by atoms with Crippen molar-refractivity contribution in [1.82, 2.24) is 0 Å².